The Morgan fingerprint density at radius 3 is 3.08 bits per heavy atom. The molecular weight excluding hydrogens is 350 g/mol. The molecule has 1 aliphatic heterocycles. The Labute approximate surface area is 155 Å². The molecule has 1 amide bonds. The summed E-state index contributed by atoms with van der Waals surface area (Å²) in [6.45, 7) is 1.38. The molecule has 0 spiro atoms. The summed E-state index contributed by atoms with van der Waals surface area (Å²) in [5, 5.41) is 6.04. The van der Waals surface area contributed by atoms with Crippen molar-refractivity contribution in [2.45, 2.75) is 18.8 Å². The number of hydrogen-bond acceptors (Lipinski definition) is 6. The maximum absolute atomic E-state index is 12.6. The topological polar surface area (TPSA) is 68.5 Å². The van der Waals surface area contributed by atoms with E-state index in [9.17, 15) is 4.79 Å². The molecule has 3 heterocycles. The third-order valence-electron chi connectivity index (χ3n) is 4.56. The molecule has 0 saturated carbocycles. The first kappa shape index (κ1) is 16.8. The van der Waals surface area contributed by atoms with Crippen LogP contribution in [0, 0.1) is 0 Å². The second-order valence-corrected chi connectivity index (χ2v) is 7.20. The summed E-state index contributed by atoms with van der Waals surface area (Å²) in [6.07, 6.45) is 1.87. The molecule has 3 aromatic rings. The highest BCUT2D eigenvalue weighted by molar-refractivity contribution is 7.12. The lowest BCUT2D eigenvalue weighted by Gasteiger charge is -2.30. The Morgan fingerprint density at radius 2 is 2.27 bits per heavy atom. The highest BCUT2D eigenvalue weighted by atomic mass is 32.1. The number of ether oxygens (including phenoxy) is 1. The van der Waals surface area contributed by atoms with Gasteiger partial charge >= 0.3 is 0 Å². The standard InChI is InChI=1S/C19H19N3O3S/c1-24-15-7-2-5-13(11-15)17-20-18(25-21-17)14-6-3-9-22(12-14)19(23)16-8-4-10-26-16/h2,4-5,7-8,10-11,14H,3,6,9,12H2,1H3/t14-/m1/s1. The van der Waals surface area contributed by atoms with Crippen LogP contribution in [-0.4, -0.2) is 41.1 Å². The van der Waals surface area contributed by atoms with Gasteiger partial charge in [-0.05, 0) is 36.4 Å². The van der Waals surface area contributed by atoms with E-state index in [4.69, 9.17) is 9.26 Å². The van der Waals surface area contributed by atoms with E-state index in [0.717, 1.165) is 35.6 Å². The fourth-order valence-electron chi connectivity index (χ4n) is 3.20. The number of methoxy groups -OCH3 is 1. The minimum Gasteiger partial charge on any atom is -0.497 e. The van der Waals surface area contributed by atoms with Crippen LogP contribution in [0.4, 0.5) is 0 Å². The third kappa shape index (κ3) is 3.35. The molecule has 1 fully saturated rings. The maximum Gasteiger partial charge on any atom is 0.263 e. The molecule has 1 saturated heterocycles. The molecular formula is C19H19N3O3S. The van der Waals surface area contributed by atoms with Crippen LogP contribution < -0.4 is 4.74 Å². The van der Waals surface area contributed by atoms with Gasteiger partial charge in [-0.2, -0.15) is 4.98 Å². The minimum absolute atomic E-state index is 0.0690. The first-order valence-corrected chi connectivity index (χ1v) is 9.43. The van der Waals surface area contributed by atoms with E-state index in [0.29, 0.717) is 18.3 Å². The number of piperidine rings is 1. The number of nitrogens with zero attached hydrogens (tertiary/aromatic N) is 3. The Hall–Kier alpha value is -2.67. The van der Waals surface area contributed by atoms with Crippen LogP contribution in [0.2, 0.25) is 0 Å². The van der Waals surface area contributed by atoms with Gasteiger partial charge in [-0.3, -0.25) is 4.79 Å². The van der Waals surface area contributed by atoms with Gasteiger partial charge in [0.2, 0.25) is 11.7 Å². The van der Waals surface area contributed by atoms with Crippen LogP contribution >= 0.6 is 11.3 Å². The molecule has 1 atom stereocenters. The van der Waals surface area contributed by atoms with Crippen LogP contribution in [0.15, 0.2) is 46.3 Å². The van der Waals surface area contributed by atoms with Gasteiger partial charge in [-0.15, -0.1) is 11.3 Å². The number of likely N-dealkylation sites (tertiary alicyclic amines) is 1. The van der Waals surface area contributed by atoms with Gasteiger partial charge in [-0.1, -0.05) is 23.4 Å². The summed E-state index contributed by atoms with van der Waals surface area (Å²) < 4.78 is 10.8. The summed E-state index contributed by atoms with van der Waals surface area (Å²) in [6, 6.07) is 11.3. The lowest BCUT2D eigenvalue weighted by atomic mass is 9.98. The molecule has 134 valence electrons. The van der Waals surface area contributed by atoms with E-state index < -0.39 is 0 Å². The summed E-state index contributed by atoms with van der Waals surface area (Å²) in [5.41, 5.74) is 0.849. The van der Waals surface area contributed by atoms with Crippen LogP contribution in [-0.2, 0) is 0 Å². The van der Waals surface area contributed by atoms with Gasteiger partial charge in [-0.25, -0.2) is 0 Å². The SMILES string of the molecule is COc1cccc(-c2noc([C@@H]3CCCN(C(=O)c4cccs4)C3)n2)c1. The van der Waals surface area contributed by atoms with E-state index >= 15 is 0 Å². The zero-order chi connectivity index (χ0) is 17.9. The predicted molar refractivity (Wildman–Crippen MR) is 98.5 cm³/mol. The zero-order valence-corrected chi connectivity index (χ0v) is 15.2. The molecule has 0 aliphatic carbocycles. The summed E-state index contributed by atoms with van der Waals surface area (Å²) >= 11 is 1.47. The number of thiophene rings is 1. The van der Waals surface area contributed by atoms with Crippen molar-refractivity contribution < 1.29 is 14.1 Å². The van der Waals surface area contributed by atoms with E-state index in [2.05, 4.69) is 10.1 Å². The van der Waals surface area contributed by atoms with Crippen LogP contribution in [0.1, 0.15) is 34.3 Å². The maximum atomic E-state index is 12.6. The van der Waals surface area contributed by atoms with Crippen molar-refractivity contribution in [1.82, 2.24) is 15.0 Å². The Kier molecular flexibility index (Phi) is 4.71. The fourth-order valence-corrected chi connectivity index (χ4v) is 3.89. The molecule has 0 radical (unpaired) electrons. The molecule has 6 nitrogen and oxygen atoms in total. The number of carbonyl (C=O) groups excluding carboxylic acids is 1. The lowest BCUT2D eigenvalue weighted by molar-refractivity contribution is 0.0700. The summed E-state index contributed by atoms with van der Waals surface area (Å²) in [7, 11) is 1.63. The number of benzene rings is 1. The largest absolute Gasteiger partial charge is 0.497 e. The molecule has 0 bridgehead atoms. The van der Waals surface area contributed by atoms with Gasteiger partial charge in [0.25, 0.3) is 5.91 Å². The second-order valence-electron chi connectivity index (χ2n) is 6.26. The Morgan fingerprint density at radius 1 is 1.35 bits per heavy atom. The van der Waals surface area contributed by atoms with Gasteiger partial charge < -0.3 is 14.2 Å². The monoisotopic (exact) mass is 369 g/mol. The molecule has 1 aliphatic rings. The van der Waals surface area contributed by atoms with Crippen molar-refractivity contribution in [3.05, 3.63) is 52.5 Å². The minimum atomic E-state index is 0.0690. The van der Waals surface area contributed by atoms with Crippen molar-refractivity contribution in [2.75, 3.05) is 20.2 Å². The van der Waals surface area contributed by atoms with Crippen LogP contribution in [0.25, 0.3) is 11.4 Å². The van der Waals surface area contributed by atoms with E-state index in [1.807, 2.05) is 46.7 Å². The van der Waals surface area contributed by atoms with E-state index in [-0.39, 0.29) is 11.8 Å². The van der Waals surface area contributed by atoms with Gasteiger partial charge in [0.05, 0.1) is 17.9 Å². The first-order valence-electron chi connectivity index (χ1n) is 8.55. The Balaban J connectivity index is 1.51. The Bertz CT molecular complexity index is 891. The number of carbonyl (C=O) groups is 1. The van der Waals surface area contributed by atoms with Gasteiger partial charge in [0.1, 0.15) is 5.75 Å². The van der Waals surface area contributed by atoms with E-state index in [1.54, 1.807) is 7.11 Å². The van der Waals surface area contributed by atoms with E-state index in [1.165, 1.54) is 11.3 Å². The molecule has 0 N–H and O–H groups in total. The van der Waals surface area contributed by atoms with Crippen molar-refractivity contribution in [3.63, 3.8) is 0 Å². The smallest absolute Gasteiger partial charge is 0.263 e. The second kappa shape index (κ2) is 7.29. The summed E-state index contributed by atoms with van der Waals surface area (Å²) in [4.78, 5) is 19.8. The van der Waals surface area contributed by atoms with Gasteiger partial charge in [0, 0.05) is 18.7 Å². The molecule has 1 aromatic carbocycles. The zero-order valence-electron chi connectivity index (χ0n) is 14.4. The third-order valence-corrected chi connectivity index (χ3v) is 5.42. The van der Waals surface area contributed by atoms with Crippen LogP contribution in [0.5, 0.6) is 5.75 Å². The molecule has 7 heteroatoms. The summed E-state index contributed by atoms with van der Waals surface area (Å²) in [5.74, 6) is 2.03. The lowest BCUT2D eigenvalue weighted by Crippen LogP contribution is -2.38. The predicted octanol–water partition coefficient (Wildman–Crippen LogP) is 3.83. The highest BCUT2D eigenvalue weighted by Gasteiger charge is 2.29. The average Bonchev–Trinajstić information content (AvgIpc) is 3.39. The molecule has 4 rings (SSSR count). The number of amides is 1. The quantitative estimate of drug-likeness (QED) is 0.699. The number of hydrogen-bond donors (Lipinski definition) is 0. The van der Waals surface area contributed by atoms with Gasteiger partial charge in [0.15, 0.2) is 0 Å². The van der Waals surface area contributed by atoms with Crippen molar-refractivity contribution in [2.24, 2.45) is 0 Å². The van der Waals surface area contributed by atoms with Crippen LogP contribution in [0.3, 0.4) is 0 Å². The number of aromatic nitrogens is 2. The highest BCUT2D eigenvalue weighted by Crippen LogP contribution is 2.29. The first-order chi connectivity index (χ1) is 12.7. The molecule has 2 aromatic heterocycles. The molecule has 0 unspecified atom stereocenters. The molecule has 26 heavy (non-hydrogen) atoms. The fraction of sp³-hybridized carbons (Fsp3) is 0.316. The average molecular weight is 369 g/mol. The number of rotatable bonds is 4. The normalized spacial score (nSPS) is 17.3. The van der Waals surface area contributed by atoms with Crippen molar-refractivity contribution in [3.8, 4) is 17.1 Å². The van der Waals surface area contributed by atoms with Crippen molar-refractivity contribution in [1.29, 1.82) is 0 Å². The van der Waals surface area contributed by atoms with Crippen molar-refractivity contribution >= 4 is 17.2 Å².